The first-order chi connectivity index (χ1) is 6.74. The number of hydrogen-bond donors (Lipinski definition) is 1. The van der Waals surface area contributed by atoms with Gasteiger partial charge in [0.25, 0.3) is 0 Å². The molecule has 0 aromatic carbocycles. The maximum absolute atomic E-state index is 3.46. The van der Waals surface area contributed by atoms with E-state index in [1.54, 1.807) is 0 Å². The van der Waals surface area contributed by atoms with Gasteiger partial charge in [-0.15, -0.1) is 0 Å². The Labute approximate surface area is 89.1 Å². The normalized spacial score (nSPS) is 27.9. The van der Waals surface area contributed by atoms with Crippen LogP contribution < -0.4 is 5.32 Å². The molecule has 0 amide bonds. The summed E-state index contributed by atoms with van der Waals surface area (Å²) in [5.41, 5.74) is 0. The van der Waals surface area contributed by atoms with Crippen molar-refractivity contribution in [1.29, 1.82) is 0 Å². The molecule has 84 valence electrons. The van der Waals surface area contributed by atoms with Gasteiger partial charge in [0.2, 0.25) is 0 Å². The second-order valence-corrected chi connectivity index (χ2v) is 4.53. The van der Waals surface area contributed by atoms with Crippen LogP contribution in [0.5, 0.6) is 0 Å². The summed E-state index contributed by atoms with van der Waals surface area (Å²) in [5, 5.41) is 3.46. The molecule has 1 N–H and O–H groups in total. The summed E-state index contributed by atoms with van der Waals surface area (Å²) in [4.78, 5) is 2.61. The third kappa shape index (κ3) is 2.48. The maximum Gasteiger partial charge on any atom is 0.0249 e. The molecule has 2 nitrogen and oxygen atoms in total. The van der Waals surface area contributed by atoms with Gasteiger partial charge in [0.15, 0.2) is 0 Å². The molecule has 0 spiro atoms. The molecule has 1 aliphatic rings. The molecule has 2 atom stereocenters. The first-order valence-corrected chi connectivity index (χ1v) is 6.13. The standard InChI is InChI=1S/C12H26N2/c1-5-10(6-2)14(4)12-9-7-8-11(12)13-3/h10-13H,5-9H2,1-4H3. The second kappa shape index (κ2) is 5.72. The zero-order valence-corrected chi connectivity index (χ0v) is 10.2. The summed E-state index contributed by atoms with van der Waals surface area (Å²) < 4.78 is 0. The lowest BCUT2D eigenvalue weighted by molar-refractivity contribution is 0.146. The molecule has 1 rings (SSSR count). The molecule has 0 bridgehead atoms. The van der Waals surface area contributed by atoms with Crippen LogP contribution in [0.15, 0.2) is 0 Å². The highest BCUT2D eigenvalue weighted by atomic mass is 15.2. The van der Waals surface area contributed by atoms with Crippen LogP contribution in [0.1, 0.15) is 46.0 Å². The summed E-state index contributed by atoms with van der Waals surface area (Å²) >= 11 is 0. The van der Waals surface area contributed by atoms with E-state index in [4.69, 9.17) is 0 Å². The number of nitrogens with zero attached hydrogens (tertiary/aromatic N) is 1. The molecule has 1 aliphatic carbocycles. The van der Waals surface area contributed by atoms with Crippen LogP contribution in [0.3, 0.4) is 0 Å². The van der Waals surface area contributed by atoms with Crippen molar-refractivity contribution < 1.29 is 0 Å². The number of nitrogens with one attached hydrogen (secondary N) is 1. The Bertz CT molecular complexity index is 154. The summed E-state index contributed by atoms with van der Waals surface area (Å²) in [6, 6.07) is 2.26. The van der Waals surface area contributed by atoms with E-state index in [1.165, 1.54) is 32.1 Å². The van der Waals surface area contributed by atoms with Crippen LogP contribution in [0, 0.1) is 0 Å². The Morgan fingerprint density at radius 2 is 1.93 bits per heavy atom. The minimum atomic E-state index is 0.723. The van der Waals surface area contributed by atoms with E-state index in [-0.39, 0.29) is 0 Å². The van der Waals surface area contributed by atoms with Gasteiger partial charge in [-0.2, -0.15) is 0 Å². The average molecular weight is 198 g/mol. The Morgan fingerprint density at radius 3 is 2.43 bits per heavy atom. The van der Waals surface area contributed by atoms with E-state index >= 15 is 0 Å². The summed E-state index contributed by atoms with van der Waals surface area (Å²) in [6.07, 6.45) is 6.67. The van der Waals surface area contributed by atoms with E-state index < -0.39 is 0 Å². The van der Waals surface area contributed by atoms with Crippen LogP contribution >= 0.6 is 0 Å². The molecule has 0 heterocycles. The Hall–Kier alpha value is -0.0800. The largest absolute Gasteiger partial charge is 0.315 e. The van der Waals surface area contributed by atoms with Crippen molar-refractivity contribution in [3.8, 4) is 0 Å². The van der Waals surface area contributed by atoms with Gasteiger partial charge < -0.3 is 5.32 Å². The molecule has 0 aliphatic heterocycles. The quantitative estimate of drug-likeness (QED) is 0.729. The zero-order valence-electron chi connectivity index (χ0n) is 10.2. The molecule has 0 aromatic rings. The fourth-order valence-electron chi connectivity index (χ4n) is 2.90. The molecule has 2 unspecified atom stereocenters. The summed E-state index contributed by atoms with van der Waals surface area (Å²) in [5.74, 6) is 0. The lowest BCUT2D eigenvalue weighted by Crippen LogP contribution is -2.48. The lowest BCUT2D eigenvalue weighted by Gasteiger charge is -2.35. The van der Waals surface area contributed by atoms with E-state index in [2.05, 4.69) is 38.2 Å². The van der Waals surface area contributed by atoms with Crippen LogP contribution in [-0.4, -0.2) is 37.1 Å². The van der Waals surface area contributed by atoms with E-state index in [0.717, 1.165) is 18.1 Å². The summed E-state index contributed by atoms with van der Waals surface area (Å²) in [7, 11) is 4.40. The van der Waals surface area contributed by atoms with Gasteiger partial charge in [-0.25, -0.2) is 0 Å². The van der Waals surface area contributed by atoms with Crippen molar-refractivity contribution >= 4 is 0 Å². The first-order valence-electron chi connectivity index (χ1n) is 6.13. The van der Waals surface area contributed by atoms with E-state index in [1.807, 2.05) is 0 Å². The topological polar surface area (TPSA) is 15.3 Å². The van der Waals surface area contributed by atoms with Crippen molar-refractivity contribution in [1.82, 2.24) is 10.2 Å². The van der Waals surface area contributed by atoms with E-state index in [9.17, 15) is 0 Å². The van der Waals surface area contributed by atoms with Gasteiger partial charge in [0, 0.05) is 18.1 Å². The van der Waals surface area contributed by atoms with Crippen LogP contribution in [0.2, 0.25) is 0 Å². The minimum Gasteiger partial charge on any atom is -0.315 e. The SMILES string of the molecule is CCC(CC)N(C)C1CCCC1NC. The molecule has 1 fully saturated rings. The third-order valence-corrected chi connectivity index (χ3v) is 3.89. The second-order valence-electron chi connectivity index (χ2n) is 4.53. The molecule has 0 aromatic heterocycles. The van der Waals surface area contributed by atoms with Gasteiger partial charge in [-0.05, 0) is 39.8 Å². The molecule has 2 heteroatoms. The van der Waals surface area contributed by atoms with Crippen LogP contribution in [0.25, 0.3) is 0 Å². The van der Waals surface area contributed by atoms with Crippen LogP contribution in [-0.2, 0) is 0 Å². The van der Waals surface area contributed by atoms with Crippen molar-refractivity contribution in [3.63, 3.8) is 0 Å². The molecule has 14 heavy (non-hydrogen) atoms. The highest BCUT2D eigenvalue weighted by Gasteiger charge is 2.31. The van der Waals surface area contributed by atoms with Crippen molar-refractivity contribution in [2.45, 2.75) is 64.1 Å². The maximum atomic E-state index is 3.46. The zero-order chi connectivity index (χ0) is 10.6. The van der Waals surface area contributed by atoms with Crippen LogP contribution in [0.4, 0.5) is 0 Å². The predicted molar refractivity (Wildman–Crippen MR) is 62.6 cm³/mol. The van der Waals surface area contributed by atoms with Gasteiger partial charge in [-0.3, -0.25) is 4.90 Å². The monoisotopic (exact) mass is 198 g/mol. The van der Waals surface area contributed by atoms with Gasteiger partial charge >= 0.3 is 0 Å². The number of likely N-dealkylation sites (N-methyl/N-ethyl adjacent to an activating group) is 2. The van der Waals surface area contributed by atoms with Crippen molar-refractivity contribution in [3.05, 3.63) is 0 Å². The van der Waals surface area contributed by atoms with Gasteiger partial charge in [0.1, 0.15) is 0 Å². The molecular formula is C12H26N2. The minimum absolute atomic E-state index is 0.723. The predicted octanol–water partition coefficient (Wildman–Crippen LogP) is 2.25. The smallest absolute Gasteiger partial charge is 0.0249 e. The van der Waals surface area contributed by atoms with Crippen molar-refractivity contribution in [2.24, 2.45) is 0 Å². The number of rotatable bonds is 5. The van der Waals surface area contributed by atoms with Gasteiger partial charge in [0.05, 0.1) is 0 Å². The highest BCUT2D eigenvalue weighted by Crippen LogP contribution is 2.25. The Morgan fingerprint density at radius 1 is 1.29 bits per heavy atom. The Balaban J connectivity index is 2.53. The molecule has 1 saturated carbocycles. The van der Waals surface area contributed by atoms with Crippen molar-refractivity contribution in [2.75, 3.05) is 14.1 Å². The van der Waals surface area contributed by atoms with E-state index in [0.29, 0.717) is 0 Å². The average Bonchev–Trinajstić information content (AvgIpc) is 2.67. The summed E-state index contributed by atoms with van der Waals surface area (Å²) in [6.45, 7) is 4.60. The molecular weight excluding hydrogens is 172 g/mol. The third-order valence-electron chi connectivity index (χ3n) is 3.89. The first kappa shape index (κ1) is 12.0. The fourth-order valence-corrected chi connectivity index (χ4v) is 2.90. The Kier molecular flexibility index (Phi) is 4.90. The van der Waals surface area contributed by atoms with Gasteiger partial charge in [-0.1, -0.05) is 20.3 Å². The molecule has 0 radical (unpaired) electrons. The molecule has 0 saturated heterocycles. The lowest BCUT2D eigenvalue weighted by atomic mass is 10.1. The fraction of sp³-hybridized carbons (Fsp3) is 1.00. The highest BCUT2D eigenvalue weighted by molar-refractivity contribution is 4.90. The number of hydrogen-bond acceptors (Lipinski definition) is 2.